The number of rotatable bonds is 8. The van der Waals surface area contributed by atoms with E-state index in [1.165, 1.54) is 82.0 Å². The van der Waals surface area contributed by atoms with Crippen molar-refractivity contribution in [2.24, 2.45) is 0 Å². The second-order valence-electron chi connectivity index (χ2n) is 17.6. The second-order valence-corrected chi connectivity index (χ2v) is 17.6. The van der Waals surface area contributed by atoms with Crippen LogP contribution in [0.1, 0.15) is 0 Å². The number of benzene rings is 12. The van der Waals surface area contributed by atoms with Crippen molar-refractivity contribution in [3.05, 3.63) is 267 Å². The van der Waals surface area contributed by atoms with Crippen LogP contribution in [0.2, 0.25) is 0 Å². The van der Waals surface area contributed by atoms with Gasteiger partial charge in [-0.15, -0.1) is 0 Å². The van der Waals surface area contributed by atoms with Gasteiger partial charge in [0.05, 0.1) is 11.0 Å². The lowest BCUT2D eigenvalue weighted by atomic mass is 9.84. The molecule has 0 aliphatic rings. The Labute approximate surface area is 395 Å². The molecule has 0 N–H and O–H groups in total. The first-order chi connectivity index (χ1) is 33.7. The Morgan fingerprint density at radius 3 is 1.51 bits per heavy atom. The van der Waals surface area contributed by atoms with Gasteiger partial charge >= 0.3 is 0 Å². The highest BCUT2D eigenvalue weighted by atomic mass is 15.1. The fraction of sp³-hybridized carbons (Fsp3) is 0. The molecule has 0 atom stereocenters. The van der Waals surface area contributed by atoms with Crippen molar-refractivity contribution < 1.29 is 0 Å². The van der Waals surface area contributed by atoms with Crippen LogP contribution in [-0.4, -0.2) is 4.57 Å². The smallest absolute Gasteiger partial charge is 0.0561 e. The predicted octanol–water partition coefficient (Wildman–Crippen LogP) is 18.4. The van der Waals surface area contributed by atoms with Gasteiger partial charge in [0.25, 0.3) is 0 Å². The standard InChI is InChI=1S/C66H44N2/c1-4-19-47(20-5-1)65-61-31-13-12-29-57(61)58-40-36-50(43-62(58)66(65)48-21-6-2-7-22-48)49-24-16-27-53(42-49)67(52-37-34-46(35-38-52)56-32-17-23-45-18-10-11-28-55(45)56)54-39-41-60-59-30-14-15-33-63(59)68(64(60)44-54)51-25-8-3-9-26-51/h1-44H. The minimum atomic E-state index is 1.08. The van der Waals surface area contributed by atoms with Crippen molar-refractivity contribution in [2.45, 2.75) is 0 Å². The van der Waals surface area contributed by atoms with E-state index in [9.17, 15) is 0 Å². The van der Waals surface area contributed by atoms with E-state index in [4.69, 9.17) is 0 Å². The van der Waals surface area contributed by atoms with E-state index in [1.54, 1.807) is 0 Å². The summed E-state index contributed by atoms with van der Waals surface area (Å²) in [6.07, 6.45) is 0. The average molecular weight is 865 g/mol. The van der Waals surface area contributed by atoms with E-state index in [-0.39, 0.29) is 0 Å². The molecule has 318 valence electrons. The second kappa shape index (κ2) is 16.5. The van der Waals surface area contributed by atoms with Crippen LogP contribution in [0.15, 0.2) is 267 Å². The summed E-state index contributed by atoms with van der Waals surface area (Å²) in [6, 6.07) is 97.5. The number of hydrogen-bond donors (Lipinski definition) is 0. The Bertz CT molecular complexity index is 4000. The van der Waals surface area contributed by atoms with Gasteiger partial charge in [0.2, 0.25) is 0 Å². The van der Waals surface area contributed by atoms with Gasteiger partial charge in [-0.3, -0.25) is 0 Å². The largest absolute Gasteiger partial charge is 0.310 e. The molecule has 0 unspecified atom stereocenters. The Balaban J connectivity index is 1.01. The Morgan fingerprint density at radius 2 is 0.750 bits per heavy atom. The van der Waals surface area contributed by atoms with Crippen molar-refractivity contribution in [1.29, 1.82) is 0 Å². The molecule has 2 heteroatoms. The topological polar surface area (TPSA) is 8.17 Å². The van der Waals surface area contributed by atoms with Crippen molar-refractivity contribution in [3.8, 4) is 50.2 Å². The first-order valence-corrected chi connectivity index (χ1v) is 23.4. The summed E-state index contributed by atoms with van der Waals surface area (Å²) < 4.78 is 2.40. The molecular weight excluding hydrogens is 821 g/mol. The van der Waals surface area contributed by atoms with Crippen molar-refractivity contribution in [1.82, 2.24) is 4.57 Å². The van der Waals surface area contributed by atoms with E-state index in [1.807, 2.05) is 0 Å². The molecule has 0 fully saturated rings. The third-order valence-electron chi connectivity index (χ3n) is 13.7. The van der Waals surface area contributed by atoms with E-state index < -0.39 is 0 Å². The van der Waals surface area contributed by atoms with Crippen LogP contribution in [0.4, 0.5) is 17.1 Å². The Hall–Kier alpha value is -8.98. The van der Waals surface area contributed by atoms with Gasteiger partial charge < -0.3 is 9.47 Å². The zero-order valence-corrected chi connectivity index (χ0v) is 37.3. The number of anilines is 3. The van der Waals surface area contributed by atoms with Crippen molar-refractivity contribution >= 4 is 71.2 Å². The third-order valence-corrected chi connectivity index (χ3v) is 13.7. The van der Waals surface area contributed by atoms with E-state index in [2.05, 4.69) is 276 Å². The Kier molecular flexibility index (Phi) is 9.54. The van der Waals surface area contributed by atoms with Crippen molar-refractivity contribution in [2.75, 3.05) is 4.90 Å². The fourth-order valence-corrected chi connectivity index (χ4v) is 10.7. The number of nitrogens with zero attached hydrogens (tertiary/aromatic N) is 2. The zero-order chi connectivity index (χ0) is 45.0. The molecule has 13 rings (SSSR count). The van der Waals surface area contributed by atoms with Crippen molar-refractivity contribution in [3.63, 3.8) is 0 Å². The molecule has 12 aromatic carbocycles. The summed E-state index contributed by atoms with van der Waals surface area (Å²) in [5.41, 5.74) is 16.4. The highest BCUT2D eigenvalue weighted by Gasteiger charge is 2.21. The van der Waals surface area contributed by atoms with Crippen LogP contribution >= 0.6 is 0 Å². The van der Waals surface area contributed by atoms with Gasteiger partial charge in [-0.05, 0) is 137 Å². The molecule has 1 aromatic heterocycles. The monoisotopic (exact) mass is 864 g/mol. The third kappa shape index (κ3) is 6.65. The molecule has 13 aromatic rings. The molecule has 68 heavy (non-hydrogen) atoms. The summed E-state index contributed by atoms with van der Waals surface area (Å²) in [4.78, 5) is 2.42. The van der Waals surface area contributed by atoms with Gasteiger partial charge in [-0.1, -0.05) is 206 Å². The molecule has 1 heterocycles. The lowest BCUT2D eigenvalue weighted by Gasteiger charge is -2.27. The van der Waals surface area contributed by atoms with E-state index in [0.29, 0.717) is 0 Å². The SMILES string of the molecule is c1ccc(-c2c(-c3ccccc3)c3cc(-c4cccc(N(c5ccc(-c6cccc7ccccc67)cc5)c5ccc6c7ccccc7n(-c7ccccc7)c6c5)c4)ccc3c3ccccc23)cc1. The summed E-state index contributed by atoms with van der Waals surface area (Å²) in [6.45, 7) is 0. The lowest BCUT2D eigenvalue weighted by Crippen LogP contribution is -2.10. The summed E-state index contributed by atoms with van der Waals surface area (Å²) in [7, 11) is 0. The van der Waals surface area contributed by atoms with Crippen LogP contribution in [-0.2, 0) is 0 Å². The summed E-state index contributed by atoms with van der Waals surface area (Å²) >= 11 is 0. The minimum absolute atomic E-state index is 1.08. The summed E-state index contributed by atoms with van der Waals surface area (Å²) in [5, 5.41) is 9.94. The molecule has 0 aliphatic heterocycles. The van der Waals surface area contributed by atoms with Gasteiger partial charge in [0, 0.05) is 33.5 Å². The molecule has 0 spiro atoms. The zero-order valence-electron chi connectivity index (χ0n) is 37.3. The number of para-hydroxylation sites is 2. The molecule has 0 bridgehead atoms. The number of fused-ring (bicyclic) bond motifs is 7. The molecule has 0 amide bonds. The molecule has 2 nitrogen and oxygen atoms in total. The van der Waals surface area contributed by atoms with Gasteiger partial charge in [-0.2, -0.15) is 0 Å². The molecular formula is C66H44N2. The van der Waals surface area contributed by atoms with Gasteiger partial charge in [0.1, 0.15) is 0 Å². The highest BCUT2D eigenvalue weighted by molar-refractivity contribution is 6.22. The number of hydrogen-bond acceptors (Lipinski definition) is 1. The van der Waals surface area contributed by atoms with Crippen LogP contribution in [0.5, 0.6) is 0 Å². The van der Waals surface area contributed by atoms with Crippen LogP contribution in [0.3, 0.4) is 0 Å². The molecule has 0 radical (unpaired) electrons. The lowest BCUT2D eigenvalue weighted by molar-refractivity contribution is 1.18. The van der Waals surface area contributed by atoms with Gasteiger partial charge in [0.15, 0.2) is 0 Å². The fourth-order valence-electron chi connectivity index (χ4n) is 10.7. The van der Waals surface area contributed by atoms with Crippen LogP contribution in [0, 0.1) is 0 Å². The highest BCUT2D eigenvalue weighted by Crippen LogP contribution is 2.47. The molecule has 0 aliphatic carbocycles. The maximum absolute atomic E-state index is 2.42. The average Bonchev–Trinajstić information content (AvgIpc) is 3.75. The van der Waals surface area contributed by atoms with Gasteiger partial charge in [-0.25, -0.2) is 0 Å². The quantitative estimate of drug-likeness (QED) is 0.138. The molecule has 0 saturated carbocycles. The van der Waals surface area contributed by atoms with E-state index in [0.717, 1.165) is 39.4 Å². The normalized spacial score (nSPS) is 11.5. The van der Waals surface area contributed by atoms with Crippen LogP contribution < -0.4 is 4.90 Å². The maximum Gasteiger partial charge on any atom is 0.0561 e. The maximum atomic E-state index is 2.42. The predicted molar refractivity (Wildman–Crippen MR) is 290 cm³/mol. The van der Waals surface area contributed by atoms with Crippen LogP contribution in [0.25, 0.3) is 104 Å². The minimum Gasteiger partial charge on any atom is -0.310 e. The Morgan fingerprint density at radius 1 is 0.250 bits per heavy atom. The number of aromatic nitrogens is 1. The first-order valence-electron chi connectivity index (χ1n) is 23.4. The van der Waals surface area contributed by atoms with E-state index >= 15 is 0 Å². The summed E-state index contributed by atoms with van der Waals surface area (Å²) in [5.74, 6) is 0. The first kappa shape index (κ1) is 39.4. The molecule has 0 saturated heterocycles.